The molecule has 0 aromatic heterocycles. The van der Waals surface area contributed by atoms with E-state index >= 15 is 0 Å². The maximum absolute atomic E-state index is 10.0. The van der Waals surface area contributed by atoms with Crippen molar-refractivity contribution in [1.29, 1.82) is 0 Å². The molecule has 82 valence electrons. The first-order valence-electron chi connectivity index (χ1n) is 4.97. The minimum Gasteiger partial charge on any atom is -0.298 e. The highest BCUT2D eigenvalue weighted by atomic mass is 35.5. The zero-order valence-corrected chi connectivity index (χ0v) is 9.60. The second-order valence-corrected chi connectivity index (χ2v) is 3.42. The van der Waals surface area contributed by atoms with Gasteiger partial charge in [0.1, 0.15) is 6.29 Å². The molecule has 0 bridgehead atoms. The molecule has 2 aromatic carbocycles. The Kier molecular flexibility index (Phi) is 5.97. The van der Waals surface area contributed by atoms with Crippen molar-refractivity contribution in [2.45, 2.75) is 5.88 Å². The number of halogens is 1. The third-order valence-electron chi connectivity index (χ3n) is 1.93. The fourth-order valence-electron chi connectivity index (χ4n) is 1.10. The summed E-state index contributed by atoms with van der Waals surface area (Å²) in [6, 6.07) is 19.1. The van der Waals surface area contributed by atoms with Crippen molar-refractivity contribution >= 4 is 17.9 Å². The van der Waals surface area contributed by atoms with E-state index in [2.05, 4.69) is 0 Å². The summed E-state index contributed by atoms with van der Waals surface area (Å²) in [5, 5.41) is 0. The Hall–Kier alpha value is -1.60. The van der Waals surface area contributed by atoms with E-state index in [0.717, 1.165) is 11.8 Å². The van der Waals surface area contributed by atoms with Crippen LogP contribution in [0.3, 0.4) is 0 Å². The van der Waals surface area contributed by atoms with Crippen LogP contribution in [0.2, 0.25) is 0 Å². The lowest BCUT2D eigenvalue weighted by atomic mass is 10.2. The van der Waals surface area contributed by atoms with Crippen LogP contribution in [0.15, 0.2) is 60.7 Å². The van der Waals surface area contributed by atoms with Crippen LogP contribution in [-0.2, 0) is 5.88 Å². The predicted molar refractivity (Wildman–Crippen MR) is 67.8 cm³/mol. The van der Waals surface area contributed by atoms with E-state index < -0.39 is 0 Å². The first-order valence-corrected chi connectivity index (χ1v) is 5.50. The number of benzene rings is 2. The van der Waals surface area contributed by atoms with Crippen LogP contribution in [0.4, 0.5) is 0 Å². The van der Waals surface area contributed by atoms with Gasteiger partial charge in [-0.15, -0.1) is 11.6 Å². The fraction of sp³-hybridized carbons (Fsp3) is 0.0714. The third-order valence-corrected chi connectivity index (χ3v) is 2.24. The highest BCUT2D eigenvalue weighted by molar-refractivity contribution is 6.17. The molecule has 16 heavy (non-hydrogen) atoms. The van der Waals surface area contributed by atoms with Crippen LogP contribution in [0.1, 0.15) is 15.9 Å². The molecule has 2 rings (SSSR count). The van der Waals surface area contributed by atoms with E-state index in [1.54, 1.807) is 12.1 Å². The second-order valence-electron chi connectivity index (χ2n) is 3.15. The van der Waals surface area contributed by atoms with Gasteiger partial charge in [-0.3, -0.25) is 4.79 Å². The van der Waals surface area contributed by atoms with Gasteiger partial charge in [0.05, 0.1) is 0 Å². The van der Waals surface area contributed by atoms with E-state index in [9.17, 15) is 4.79 Å². The molecule has 2 aromatic rings. The van der Waals surface area contributed by atoms with Crippen molar-refractivity contribution < 1.29 is 4.79 Å². The zero-order chi connectivity index (χ0) is 11.6. The first kappa shape index (κ1) is 12.5. The molecule has 0 N–H and O–H groups in total. The van der Waals surface area contributed by atoms with Gasteiger partial charge in [0.15, 0.2) is 0 Å². The van der Waals surface area contributed by atoms with Gasteiger partial charge in [0.2, 0.25) is 0 Å². The molecule has 0 aliphatic heterocycles. The molecule has 0 unspecified atom stereocenters. The van der Waals surface area contributed by atoms with Gasteiger partial charge in [-0.2, -0.15) is 0 Å². The van der Waals surface area contributed by atoms with E-state index in [-0.39, 0.29) is 0 Å². The molecule has 0 atom stereocenters. The number of carbonyl (C=O) groups is 1. The summed E-state index contributed by atoms with van der Waals surface area (Å²) >= 11 is 5.53. The largest absolute Gasteiger partial charge is 0.298 e. The Morgan fingerprint density at radius 1 is 0.875 bits per heavy atom. The van der Waals surface area contributed by atoms with Gasteiger partial charge < -0.3 is 0 Å². The topological polar surface area (TPSA) is 17.1 Å². The molecule has 0 saturated carbocycles. The molecule has 0 spiro atoms. The van der Waals surface area contributed by atoms with Crippen molar-refractivity contribution in [3.05, 3.63) is 71.8 Å². The van der Waals surface area contributed by atoms with Gasteiger partial charge >= 0.3 is 0 Å². The quantitative estimate of drug-likeness (QED) is 0.567. The molecule has 0 fully saturated rings. The minimum absolute atomic E-state index is 0.612. The summed E-state index contributed by atoms with van der Waals surface area (Å²) in [5.74, 6) is 0.612. The minimum atomic E-state index is 0.612. The predicted octanol–water partition coefficient (Wildman–Crippen LogP) is 3.92. The van der Waals surface area contributed by atoms with Crippen molar-refractivity contribution in [2.24, 2.45) is 0 Å². The van der Waals surface area contributed by atoms with Crippen molar-refractivity contribution in [2.75, 3.05) is 0 Å². The van der Waals surface area contributed by atoms with Crippen LogP contribution in [0.25, 0.3) is 0 Å². The van der Waals surface area contributed by atoms with E-state index in [1.807, 2.05) is 48.5 Å². The lowest BCUT2D eigenvalue weighted by molar-refractivity contribution is 0.112. The van der Waals surface area contributed by atoms with Crippen molar-refractivity contribution in [3.63, 3.8) is 0 Å². The third kappa shape index (κ3) is 4.76. The van der Waals surface area contributed by atoms with E-state index in [4.69, 9.17) is 11.6 Å². The van der Waals surface area contributed by atoms with Gasteiger partial charge in [0, 0.05) is 11.4 Å². The Bertz CT molecular complexity index is 398. The maximum atomic E-state index is 10.0. The molecule has 0 heterocycles. The van der Waals surface area contributed by atoms with Crippen LogP contribution in [0, 0.1) is 0 Å². The number of hydrogen-bond acceptors (Lipinski definition) is 1. The normalized spacial score (nSPS) is 8.81. The second kappa shape index (κ2) is 7.66. The maximum Gasteiger partial charge on any atom is 0.150 e. The molecule has 0 amide bonds. The molecular formula is C14H13ClO. The Morgan fingerprint density at radius 3 is 1.69 bits per heavy atom. The van der Waals surface area contributed by atoms with Gasteiger partial charge in [-0.05, 0) is 5.56 Å². The smallest absolute Gasteiger partial charge is 0.150 e. The summed E-state index contributed by atoms with van der Waals surface area (Å²) in [5.41, 5.74) is 1.90. The van der Waals surface area contributed by atoms with Gasteiger partial charge in [-0.25, -0.2) is 0 Å². The molecular weight excluding hydrogens is 220 g/mol. The molecule has 0 aliphatic carbocycles. The monoisotopic (exact) mass is 232 g/mol. The standard InChI is InChI=1S/C7H7Cl.C7H6O/c2*8-6-7-4-2-1-3-5-7/h1-5H,6H2;1-6H. The number of aldehydes is 1. The SMILES string of the molecule is ClCc1ccccc1.O=Cc1ccccc1. The van der Waals surface area contributed by atoms with E-state index in [1.165, 1.54) is 5.56 Å². The molecule has 0 saturated heterocycles. The number of carbonyl (C=O) groups excluding carboxylic acids is 1. The van der Waals surface area contributed by atoms with Crippen molar-refractivity contribution in [1.82, 2.24) is 0 Å². The van der Waals surface area contributed by atoms with Crippen LogP contribution < -0.4 is 0 Å². The number of alkyl halides is 1. The van der Waals surface area contributed by atoms with Crippen molar-refractivity contribution in [3.8, 4) is 0 Å². The number of rotatable bonds is 2. The zero-order valence-electron chi connectivity index (χ0n) is 8.84. The van der Waals surface area contributed by atoms with Crippen LogP contribution in [-0.4, -0.2) is 6.29 Å². The van der Waals surface area contributed by atoms with Gasteiger partial charge in [-0.1, -0.05) is 60.7 Å². The lowest BCUT2D eigenvalue weighted by Gasteiger charge is -1.88. The average molecular weight is 233 g/mol. The summed E-state index contributed by atoms with van der Waals surface area (Å²) in [6.45, 7) is 0. The summed E-state index contributed by atoms with van der Waals surface area (Å²) < 4.78 is 0. The molecule has 0 radical (unpaired) electrons. The highest BCUT2D eigenvalue weighted by Crippen LogP contribution is 2.00. The lowest BCUT2D eigenvalue weighted by Crippen LogP contribution is -1.73. The Morgan fingerprint density at radius 2 is 1.38 bits per heavy atom. The molecule has 0 aliphatic rings. The fourth-order valence-corrected chi connectivity index (χ4v) is 1.28. The molecule has 1 nitrogen and oxygen atoms in total. The summed E-state index contributed by atoms with van der Waals surface area (Å²) in [6.07, 6.45) is 0.833. The van der Waals surface area contributed by atoms with Crippen LogP contribution >= 0.6 is 11.6 Å². The molecule has 2 heteroatoms. The highest BCUT2D eigenvalue weighted by Gasteiger charge is 1.81. The number of hydrogen-bond donors (Lipinski definition) is 0. The first-order chi connectivity index (χ1) is 7.86. The van der Waals surface area contributed by atoms with E-state index in [0.29, 0.717) is 5.88 Å². The summed E-state index contributed by atoms with van der Waals surface area (Å²) in [7, 11) is 0. The van der Waals surface area contributed by atoms with Crippen LogP contribution in [0.5, 0.6) is 0 Å². The van der Waals surface area contributed by atoms with Gasteiger partial charge in [0.25, 0.3) is 0 Å². The summed E-state index contributed by atoms with van der Waals surface area (Å²) in [4.78, 5) is 10.0. The Balaban J connectivity index is 0.000000160. The average Bonchev–Trinajstić information content (AvgIpc) is 2.41. The Labute approximate surface area is 101 Å².